The van der Waals surface area contributed by atoms with E-state index in [9.17, 15) is 9.59 Å². The number of nitrogens with zero attached hydrogens (tertiary/aromatic N) is 4. The van der Waals surface area contributed by atoms with Crippen molar-refractivity contribution in [2.75, 3.05) is 0 Å². The molecule has 0 fully saturated rings. The molecule has 0 aliphatic carbocycles. The first-order valence-corrected chi connectivity index (χ1v) is 12.1. The molecular weight excluding hydrogens is 474 g/mol. The molecule has 0 aliphatic heterocycles. The van der Waals surface area contributed by atoms with Crippen LogP contribution in [0.2, 0.25) is 0 Å². The molecule has 0 spiro atoms. The van der Waals surface area contributed by atoms with Crippen molar-refractivity contribution in [2.45, 2.75) is 78.4 Å². The van der Waals surface area contributed by atoms with Gasteiger partial charge in [-0.15, -0.1) is 10.2 Å². The summed E-state index contributed by atoms with van der Waals surface area (Å²) in [6.45, 7) is 11.2. The number of amides is 1. The first kappa shape index (κ1) is 27.6. The number of tetrazole rings is 1. The van der Waals surface area contributed by atoms with Gasteiger partial charge in [-0.05, 0) is 76.6 Å². The highest BCUT2D eigenvalue weighted by Crippen LogP contribution is 2.20. The number of aromatic nitrogens is 4. The predicted octanol–water partition coefficient (Wildman–Crippen LogP) is 4.54. The summed E-state index contributed by atoms with van der Waals surface area (Å²) < 4.78 is 16.6. The van der Waals surface area contributed by atoms with E-state index in [1.807, 2.05) is 54.6 Å². The summed E-state index contributed by atoms with van der Waals surface area (Å²) >= 11 is 0. The van der Waals surface area contributed by atoms with E-state index in [0.717, 1.165) is 16.9 Å². The number of esters is 1. The van der Waals surface area contributed by atoms with Crippen LogP contribution < -0.4 is 10.1 Å². The van der Waals surface area contributed by atoms with Crippen LogP contribution in [0.3, 0.4) is 0 Å². The maximum absolute atomic E-state index is 12.4. The molecule has 3 rings (SSSR count). The van der Waals surface area contributed by atoms with E-state index in [-0.39, 0.29) is 13.0 Å². The third-order valence-electron chi connectivity index (χ3n) is 4.75. The van der Waals surface area contributed by atoms with Gasteiger partial charge >= 0.3 is 12.1 Å². The van der Waals surface area contributed by atoms with Crippen LogP contribution in [0.25, 0.3) is 11.4 Å². The second-order valence-electron chi connectivity index (χ2n) is 10.6. The van der Waals surface area contributed by atoms with Crippen molar-refractivity contribution in [3.05, 3.63) is 60.2 Å². The zero-order valence-electron chi connectivity index (χ0n) is 22.2. The van der Waals surface area contributed by atoms with Gasteiger partial charge < -0.3 is 19.5 Å². The number of nitrogens with one attached hydrogen (secondary N) is 1. The number of hydrogen-bond donors (Lipinski definition) is 1. The monoisotopic (exact) mass is 509 g/mol. The lowest BCUT2D eigenvalue weighted by Gasteiger charge is -2.24. The molecule has 0 aliphatic rings. The second kappa shape index (κ2) is 11.9. The molecule has 10 heteroatoms. The number of benzene rings is 2. The number of alkyl carbamates (subject to hydrolysis) is 1. The fraction of sp³-hybridized carbons (Fsp3) is 0.444. The summed E-state index contributed by atoms with van der Waals surface area (Å²) in [5.74, 6) is 0.668. The molecule has 2 aromatic carbocycles. The normalized spacial score (nSPS) is 12.5. The van der Waals surface area contributed by atoms with E-state index < -0.39 is 29.3 Å². The van der Waals surface area contributed by atoms with Gasteiger partial charge in [-0.3, -0.25) is 4.79 Å². The van der Waals surface area contributed by atoms with Crippen molar-refractivity contribution < 1.29 is 23.8 Å². The van der Waals surface area contributed by atoms with Crippen LogP contribution in [0.5, 0.6) is 5.75 Å². The van der Waals surface area contributed by atoms with E-state index in [0.29, 0.717) is 12.4 Å². The molecule has 1 heterocycles. The van der Waals surface area contributed by atoms with Gasteiger partial charge in [0.1, 0.15) is 23.6 Å². The molecule has 0 radical (unpaired) electrons. The van der Waals surface area contributed by atoms with Crippen molar-refractivity contribution in [1.29, 1.82) is 0 Å². The SMILES string of the molecule is CC(C)(C)OC(=O)C[C@H](Cn1nnc(-c2ccc(OCc3ccccc3)cc2)n1)NC(=O)OC(C)(C)C. The van der Waals surface area contributed by atoms with Crippen LogP contribution >= 0.6 is 0 Å². The van der Waals surface area contributed by atoms with Crippen molar-refractivity contribution in [1.82, 2.24) is 25.5 Å². The van der Waals surface area contributed by atoms with Crippen LogP contribution in [0.4, 0.5) is 4.79 Å². The molecule has 3 aromatic rings. The van der Waals surface area contributed by atoms with E-state index in [1.165, 1.54) is 4.80 Å². The van der Waals surface area contributed by atoms with E-state index in [2.05, 4.69) is 20.7 Å². The Labute approximate surface area is 217 Å². The summed E-state index contributed by atoms with van der Waals surface area (Å²) in [5.41, 5.74) is 0.499. The van der Waals surface area contributed by atoms with Crippen LogP contribution in [-0.2, 0) is 27.4 Å². The van der Waals surface area contributed by atoms with Crippen molar-refractivity contribution >= 4 is 12.1 Å². The average molecular weight is 510 g/mol. The molecule has 1 N–H and O–H groups in total. The summed E-state index contributed by atoms with van der Waals surface area (Å²) in [6, 6.07) is 16.6. The molecule has 0 unspecified atom stereocenters. The van der Waals surface area contributed by atoms with Gasteiger partial charge in [-0.25, -0.2) is 4.79 Å². The average Bonchev–Trinajstić information content (AvgIpc) is 3.24. The molecule has 198 valence electrons. The zero-order chi connectivity index (χ0) is 27.1. The minimum absolute atomic E-state index is 0.0825. The number of rotatable bonds is 9. The Hall–Kier alpha value is -3.95. The molecule has 0 bridgehead atoms. The van der Waals surface area contributed by atoms with Crippen LogP contribution in [0, 0.1) is 0 Å². The highest BCUT2D eigenvalue weighted by molar-refractivity contribution is 5.73. The highest BCUT2D eigenvalue weighted by Gasteiger charge is 2.25. The van der Waals surface area contributed by atoms with Crippen LogP contribution in [0.1, 0.15) is 53.5 Å². The Morgan fingerprint density at radius 1 is 0.919 bits per heavy atom. The Morgan fingerprint density at radius 3 is 2.19 bits per heavy atom. The molecule has 0 saturated heterocycles. The second-order valence-corrected chi connectivity index (χ2v) is 10.6. The number of carbonyl (C=O) groups is 2. The lowest BCUT2D eigenvalue weighted by atomic mass is 10.1. The summed E-state index contributed by atoms with van der Waals surface area (Å²) in [6.07, 6.45) is -0.728. The van der Waals surface area contributed by atoms with Crippen molar-refractivity contribution in [3.8, 4) is 17.1 Å². The minimum atomic E-state index is -0.684. The first-order chi connectivity index (χ1) is 17.4. The summed E-state index contributed by atoms with van der Waals surface area (Å²) in [4.78, 5) is 26.1. The topological polar surface area (TPSA) is 117 Å². The lowest BCUT2D eigenvalue weighted by molar-refractivity contribution is -0.155. The zero-order valence-corrected chi connectivity index (χ0v) is 22.2. The standard InChI is InChI=1S/C27H35N5O5/c1-26(2,3)36-23(33)16-21(28-25(34)37-27(4,5)6)17-32-30-24(29-31-32)20-12-14-22(15-13-20)35-18-19-10-8-7-9-11-19/h7-15,21H,16-18H2,1-6H3,(H,28,34)/t21-/m1/s1. The maximum atomic E-state index is 12.4. The van der Waals surface area contributed by atoms with Crippen molar-refractivity contribution in [2.24, 2.45) is 0 Å². The van der Waals surface area contributed by atoms with Gasteiger partial charge in [0.15, 0.2) is 0 Å². The van der Waals surface area contributed by atoms with E-state index >= 15 is 0 Å². The molecule has 1 atom stereocenters. The van der Waals surface area contributed by atoms with E-state index in [1.54, 1.807) is 41.5 Å². The van der Waals surface area contributed by atoms with Crippen molar-refractivity contribution in [3.63, 3.8) is 0 Å². The Bertz CT molecular complexity index is 1130. The third-order valence-corrected chi connectivity index (χ3v) is 4.75. The quantitative estimate of drug-likeness (QED) is 0.418. The molecule has 1 aromatic heterocycles. The number of hydrogen-bond acceptors (Lipinski definition) is 8. The lowest BCUT2D eigenvalue weighted by Crippen LogP contribution is -2.43. The van der Waals surface area contributed by atoms with Gasteiger partial charge in [-0.2, -0.15) is 4.80 Å². The van der Waals surface area contributed by atoms with Gasteiger partial charge in [0.05, 0.1) is 19.0 Å². The Morgan fingerprint density at radius 2 is 1.57 bits per heavy atom. The number of carbonyl (C=O) groups excluding carboxylic acids is 2. The fourth-order valence-electron chi connectivity index (χ4n) is 3.29. The molecule has 1 amide bonds. The maximum Gasteiger partial charge on any atom is 0.407 e. The molecular formula is C27H35N5O5. The number of ether oxygens (including phenoxy) is 3. The third kappa shape index (κ3) is 9.91. The smallest absolute Gasteiger partial charge is 0.407 e. The fourth-order valence-corrected chi connectivity index (χ4v) is 3.29. The van der Waals surface area contributed by atoms with E-state index in [4.69, 9.17) is 14.2 Å². The summed E-state index contributed by atoms with van der Waals surface area (Å²) in [5, 5.41) is 15.3. The summed E-state index contributed by atoms with van der Waals surface area (Å²) in [7, 11) is 0. The molecule has 10 nitrogen and oxygen atoms in total. The van der Waals surface area contributed by atoms with Crippen LogP contribution in [-0.4, -0.2) is 49.5 Å². The first-order valence-electron chi connectivity index (χ1n) is 12.1. The minimum Gasteiger partial charge on any atom is -0.489 e. The highest BCUT2D eigenvalue weighted by atomic mass is 16.6. The van der Waals surface area contributed by atoms with Gasteiger partial charge in [-0.1, -0.05) is 30.3 Å². The Kier molecular flexibility index (Phi) is 8.86. The van der Waals surface area contributed by atoms with Crippen LogP contribution in [0.15, 0.2) is 54.6 Å². The predicted molar refractivity (Wildman–Crippen MR) is 138 cm³/mol. The van der Waals surface area contributed by atoms with Gasteiger partial charge in [0.25, 0.3) is 0 Å². The van der Waals surface area contributed by atoms with Gasteiger partial charge in [0, 0.05) is 5.56 Å². The molecule has 37 heavy (non-hydrogen) atoms. The van der Waals surface area contributed by atoms with Gasteiger partial charge in [0.2, 0.25) is 5.82 Å². The Balaban J connectivity index is 1.65. The largest absolute Gasteiger partial charge is 0.489 e. The molecule has 0 saturated carbocycles.